The number of benzene rings is 4. The lowest BCUT2D eigenvalue weighted by molar-refractivity contribution is 0.0947. The van der Waals surface area contributed by atoms with Crippen LogP contribution in [0.3, 0.4) is 0 Å². The minimum absolute atomic E-state index is 0.254. The Hall–Kier alpha value is -3.74. The van der Waals surface area contributed by atoms with Crippen LogP contribution >= 0.6 is 11.6 Å². The van der Waals surface area contributed by atoms with Crippen LogP contribution in [0.2, 0.25) is 5.02 Å². The monoisotopic (exact) mass is 500 g/mol. The van der Waals surface area contributed by atoms with E-state index in [2.05, 4.69) is 5.32 Å². The molecule has 1 aliphatic heterocycles. The van der Waals surface area contributed by atoms with E-state index in [1.54, 1.807) is 59.5 Å². The molecule has 0 radical (unpaired) electrons. The number of hydrogen-bond acceptors (Lipinski definition) is 3. The van der Waals surface area contributed by atoms with Crippen molar-refractivity contribution >= 4 is 39.9 Å². The highest BCUT2D eigenvalue weighted by atomic mass is 35.5. The smallest absolute Gasteiger partial charge is 0.259 e. The SMILES string of the molecule is O=C(NCc1ccc(Cl)cc1)c1ccc2c(c1)N(Cc1ccccc1)C(=O)c1ccccc1[S@@]2=O. The third-order valence-electron chi connectivity index (χ3n) is 5.82. The van der Waals surface area contributed by atoms with Crippen LogP contribution in [0.1, 0.15) is 31.8 Å². The van der Waals surface area contributed by atoms with Gasteiger partial charge in [-0.15, -0.1) is 0 Å². The molecule has 1 N–H and O–H groups in total. The summed E-state index contributed by atoms with van der Waals surface area (Å²) < 4.78 is 13.5. The van der Waals surface area contributed by atoms with E-state index in [4.69, 9.17) is 11.6 Å². The number of anilines is 1. The zero-order valence-corrected chi connectivity index (χ0v) is 20.2. The quantitative estimate of drug-likeness (QED) is 0.388. The minimum Gasteiger partial charge on any atom is -0.348 e. The highest BCUT2D eigenvalue weighted by Crippen LogP contribution is 2.36. The number of hydrogen-bond donors (Lipinski definition) is 1. The predicted octanol–water partition coefficient (Wildman–Crippen LogP) is 5.60. The van der Waals surface area contributed by atoms with Crippen molar-refractivity contribution in [1.29, 1.82) is 0 Å². The van der Waals surface area contributed by atoms with Crippen molar-refractivity contribution in [1.82, 2.24) is 5.32 Å². The van der Waals surface area contributed by atoms with E-state index in [0.29, 0.717) is 38.2 Å². The molecule has 174 valence electrons. The third kappa shape index (κ3) is 4.76. The maximum absolute atomic E-state index is 13.6. The lowest BCUT2D eigenvalue weighted by Crippen LogP contribution is -2.31. The number of nitrogens with zero attached hydrogens (tertiary/aromatic N) is 1. The molecule has 1 aliphatic rings. The van der Waals surface area contributed by atoms with Gasteiger partial charge in [-0.2, -0.15) is 0 Å². The van der Waals surface area contributed by atoms with E-state index in [1.165, 1.54) is 0 Å². The number of nitrogens with one attached hydrogen (secondary N) is 1. The highest BCUT2D eigenvalue weighted by molar-refractivity contribution is 7.85. The van der Waals surface area contributed by atoms with Gasteiger partial charge in [0.15, 0.2) is 0 Å². The largest absolute Gasteiger partial charge is 0.348 e. The first kappa shape index (κ1) is 23.0. The second-order valence-corrected chi connectivity index (χ2v) is 9.99. The van der Waals surface area contributed by atoms with Crippen LogP contribution in [-0.2, 0) is 23.9 Å². The fourth-order valence-corrected chi connectivity index (χ4v) is 5.49. The Labute approximate surface area is 210 Å². The van der Waals surface area contributed by atoms with Gasteiger partial charge in [0.25, 0.3) is 11.8 Å². The molecule has 0 saturated carbocycles. The molecule has 0 spiro atoms. The van der Waals surface area contributed by atoms with Crippen molar-refractivity contribution in [3.63, 3.8) is 0 Å². The zero-order chi connectivity index (χ0) is 24.4. The second-order valence-electron chi connectivity index (χ2n) is 8.13. The molecular formula is C28H21ClN2O3S. The van der Waals surface area contributed by atoms with Gasteiger partial charge in [0.05, 0.1) is 38.4 Å². The van der Waals surface area contributed by atoms with Gasteiger partial charge in [-0.3, -0.25) is 9.59 Å². The molecule has 7 heteroatoms. The van der Waals surface area contributed by atoms with Gasteiger partial charge in [-0.1, -0.05) is 66.2 Å². The van der Waals surface area contributed by atoms with Crippen LogP contribution < -0.4 is 10.2 Å². The number of halogens is 1. The van der Waals surface area contributed by atoms with E-state index in [-0.39, 0.29) is 18.4 Å². The van der Waals surface area contributed by atoms with Crippen LogP contribution in [0, 0.1) is 0 Å². The molecule has 1 heterocycles. The molecule has 4 aromatic rings. The van der Waals surface area contributed by atoms with Crippen LogP contribution in [0.25, 0.3) is 0 Å². The van der Waals surface area contributed by atoms with Gasteiger partial charge < -0.3 is 10.2 Å². The Balaban J connectivity index is 1.52. The summed E-state index contributed by atoms with van der Waals surface area (Å²) in [6.07, 6.45) is 0. The number of rotatable bonds is 5. The number of carbonyl (C=O) groups excluding carboxylic acids is 2. The Morgan fingerprint density at radius 3 is 2.31 bits per heavy atom. The fourth-order valence-electron chi connectivity index (χ4n) is 4.01. The molecular weight excluding hydrogens is 480 g/mol. The zero-order valence-electron chi connectivity index (χ0n) is 18.6. The molecule has 35 heavy (non-hydrogen) atoms. The molecule has 0 aliphatic carbocycles. The third-order valence-corrected chi connectivity index (χ3v) is 7.58. The molecule has 2 amide bonds. The summed E-state index contributed by atoms with van der Waals surface area (Å²) in [7, 11) is -1.57. The number of amides is 2. The van der Waals surface area contributed by atoms with Crippen molar-refractivity contribution < 1.29 is 13.8 Å². The summed E-state index contributed by atoms with van der Waals surface area (Å²) in [4.78, 5) is 29.2. The Morgan fingerprint density at radius 2 is 1.54 bits per heavy atom. The summed E-state index contributed by atoms with van der Waals surface area (Å²) in [5.74, 6) is -0.544. The summed E-state index contributed by atoms with van der Waals surface area (Å²) in [5, 5.41) is 3.53. The molecule has 5 rings (SSSR count). The number of carbonyl (C=O) groups is 2. The van der Waals surface area contributed by atoms with Crippen molar-refractivity contribution in [2.24, 2.45) is 0 Å². The predicted molar refractivity (Wildman–Crippen MR) is 137 cm³/mol. The molecule has 0 bridgehead atoms. The second kappa shape index (κ2) is 9.86. The van der Waals surface area contributed by atoms with Gasteiger partial charge >= 0.3 is 0 Å². The molecule has 0 unspecified atom stereocenters. The molecule has 5 nitrogen and oxygen atoms in total. The molecule has 0 fully saturated rings. The van der Waals surface area contributed by atoms with E-state index in [1.807, 2.05) is 42.5 Å². The maximum atomic E-state index is 13.6. The highest BCUT2D eigenvalue weighted by Gasteiger charge is 2.31. The van der Waals surface area contributed by atoms with E-state index in [9.17, 15) is 13.8 Å². The standard InChI is InChI=1S/C28H21ClN2O3S/c29-22-13-10-19(11-14-22)17-30-27(32)21-12-15-26-24(16-21)31(18-20-6-2-1-3-7-20)28(33)23-8-4-5-9-25(23)35(26)34/h1-16H,17-18H2,(H,30,32)/t35-/m0/s1. The lowest BCUT2D eigenvalue weighted by Gasteiger charge is -2.23. The average Bonchev–Trinajstić information content (AvgIpc) is 2.98. The first-order valence-electron chi connectivity index (χ1n) is 11.0. The number of fused-ring (bicyclic) bond motifs is 2. The van der Waals surface area contributed by atoms with Crippen molar-refractivity contribution in [3.05, 3.63) is 124 Å². The fraction of sp³-hybridized carbons (Fsp3) is 0.0714. The summed E-state index contributed by atoms with van der Waals surface area (Å²) in [5.41, 5.74) is 3.08. The topological polar surface area (TPSA) is 66.5 Å². The maximum Gasteiger partial charge on any atom is 0.259 e. The minimum atomic E-state index is -1.57. The Kier molecular flexibility index (Phi) is 6.49. The lowest BCUT2D eigenvalue weighted by atomic mass is 10.1. The van der Waals surface area contributed by atoms with E-state index in [0.717, 1.165) is 11.1 Å². The average molecular weight is 501 g/mol. The molecule has 0 aromatic heterocycles. The molecule has 1 atom stereocenters. The first-order chi connectivity index (χ1) is 17.0. The summed E-state index contributed by atoms with van der Waals surface area (Å²) in [6, 6.07) is 28.7. The van der Waals surface area contributed by atoms with Gasteiger partial charge in [0, 0.05) is 17.1 Å². The van der Waals surface area contributed by atoms with Crippen LogP contribution in [0.15, 0.2) is 107 Å². The van der Waals surface area contributed by atoms with Gasteiger partial charge in [0.2, 0.25) is 0 Å². The first-order valence-corrected chi connectivity index (χ1v) is 12.6. The van der Waals surface area contributed by atoms with E-state index < -0.39 is 10.8 Å². The van der Waals surface area contributed by atoms with Gasteiger partial charge in [-0.05, 0) is 53.6 Å². The van der Waals surface area contributed by atoms with E-state index >= 15 is 0 Å². The molecule has 0 saturated heterocycles. The summed E-state index contributed by atoms with van der Waals surface area (Å²) in [6.45, 7) is 0.616. The normalized spacial score (nSPS) is 14.6. The van der Waals surface area contributed by atoms with Crippen molar-refractivity contribution in [2.45, 2.75) is 22.9 Å². The van der Waals surface area contributed by atoms with Crippen molar-refractivity contribution in [2.75, 3.05) is 4.90 Å². The van der Waals surface area contributed by atoms with Crippen molar-refractivity contribution in [3.8, 4) is 0 Å². The Bertz CT molecular complexity index is 1440. The van der Waals surface area contributed by atoms with Crippen LogP contribution in [0.5, 0.6) is 0 Å². The van der Waals surface area contributed by atoms with Gasteiger partial charge in [-0.25, -0.2) is 4.21 Å². The van der Waals surface area contributed by atoms with Crippen LogP contribution in [-0.4, -0.2) is 16.0 Å². The summed E-state index contributed by atoms with van der Waals surface area (Å²) >= 11 is 5.94. The molecule has 4 aromatic carbocycles. The van der Waals surface area contributed by atoms with Gasteiger partial charge in [0.1, 0.15) is 0 Å². The van der Waals surface area contributed by atoms with Crippen LogP contribution in [0.4, 0.5) is 5.69 Å². The Morgan fingerprint density at radius 1 is 0.829 bits per heavy atom.